The summed E-state index contributed by atoms with van der Waals surface area (Å²) in [5.41, 5.74) is 3.01. The van der Waals surface area contributed by atoms with Crippen LogP contribution in [-0.2, 0) is 6.42 Å². The fraction of sp³-hybridized carbons (Fsp3) is 0.647. The fourth-order valence-electron chi connectivity index (χ4n) is 3.00. The van der Waals surface area contributed by atoms with Crippen molar-refractivity contribution in [3.63, 3.8) is 0 Å². The Morgan fingerprint density at radius 2 is 2.11 bits per heavy atom. The predicted molar refractivity (Wildman–Crippen MR) is 84.0 cm³/mol. The lowest BCUT2D eigenvalue weighted by Crippen LogP contribution is -2.37. The summed E-state index contributed by atoms with van der Waals surface area (Å²) >= 11 is 0. The van der Waals surface area contributed by atoms with Gasteiger partial charge in [-0.2, -0.15) is 0 Å². The number of hydrogen-bond donors (Lipinski definition) is 1. The number of nitrogens with one attached hydrogen (secondary N) is 1. The molecule has 0 aromatic heterocycles. The number of benzene rings is 1. The van der Waals surface area contributed by atoms with E-state index < -0.39 is 0 Å². The minimum atomic E-state index is 0.657. The van der Waals surface area contributed by atoms with Gasteiger partial charge in [-0.3, -0.25) is 0 Å². The van der Waals surface area contributed by atoms with Crippen LogP contribution in [0, 0.1) is 0 Å². The van der Waals surface area contributed by atoms with E-state index in [1.807, 2.05) is 0 Å². The third-order valence-corrected chi connectivity index (χ3v) is 4.08. The molecule has 0 saturated carbocycles. The maximum Gasteiger partial charge on any atom is 0.0401 e. The van der Waals surface area contributed by atoms with E-state index >= 15 is 0 Å². The molecule has 1 N–H and O–H groups in total. The van der Waals surface area contributed by atoms with Crippen LogP contribution < -0.4 is 10.2 Å². The van der Waals surface area contributed by atoms with Crippen molar-refractivity contribution in [2.45, 2.75) is 52.0 Å². The minimum Gasteiger partial charge on any atom is -0.369 e. The van der Waals surface area contributed by atoms with E-state index in [-0.39, 0.29) is 0 Å². The van der Waals surface area contributed by atoms with Gasteiger partial charge in [0.25, 0.3) is 0 Å². The molecule has 1 unspecified atom stereocenters. The SMILES string of the molecule is CCCNCCCC(C)N1CCCc2ccccc21. The Hall–Kier alpha value is -1.02. The lowest BCUT2D eigenvalue weighted by molar-refractivity contribution is 0.523. The fourth-order valence-corrected chi connectivity index (χ4v) is 3.00. The van der Waals surface area contributed by atoms with Crippen LogP contribution in [0.1, 0.15) is 45.1 Å². The molecule has 2 nitrogen and oxygen atoms in total. The predicted octanol–water partition coefficient (Wildman–Crippen LogP) is 3.61. The number of hydrogen-bond acceptors (Lipinski definition) is 2. The van der Waals surface area contributed by atoms with Crippen molar-refractivity contribution >= 4 is 5.69 Å². The molecule has 0 fully saturated rings. The normalized spacial score (nSPS) is 16.2. The van der Waals surface area contributed by atoms with Crippen molar-refractivity contribution in [3.8, 4) is 0 Å². The Labute approximate surface area is 118 Å². The van der Waals surface area contributed by atoms with Crippen molar-refractivity contribution in [1.82, 2.24) is 5.32 Å². The first-order valence-electron chi connectivity index (χ1n) is 7.88. The Balaban J connectivity index is 1.84. The molecule has 0 bridgehead atoms. The molecule has 0 spiro atoms. The summed E-state index contributed by atoms with van der Waals surface area (Å²) in [7, 11) is 0. The van der Waals surface area contributed by atoms with Crippen LogP contribution in [0.4, 0.5) is 5.69 Å². The number of rotatable bonds is 7. The summed E-state index contributed by atoms with van der Waals surface area (Å²) in [4.78, 5) is 2.61. The van der Waals surface area contributed by atoms with Gasteiger partial charge in [0, 0.05) is 18.3 Å². The van der Waals surface area contributed by atoms with E-state index in [1.54, 1.807) is 0 Å². The lowest BCUT2D eigenvalue weighted by atomic mass is 9.99. The standard InChI is InChI=1S/C17H28N2/c1-3-12-18-13-6-8-15(2)19-14-7-10-16-9-4-5-11-17(16)19/h4-5,9,11,15,18H,3,6-8,10,12-14H2,1-2H3. The third kappa shape index (κ3) is 3.97. The first kappa shape index (κ1) is 14.4. The molecule has 1 aliphatic heterocycles. The molecule has 1 atom stereocenters. The summed E-state index contributed by atoms with van der Waals surface area (Å²) in [6, 6.07) is 9.58. The van der Waals surface area contributed by atoms with Crippen molar-refractivity contribution in [2.24, 2.45) is 0 Å². The van der Waals surface area contributed by atoms with Crippen molar-refractivity contribution < 1.29 is 0 Å². The van der Waals surface area contributed by atoms with Gasteiger partial charge in [-0.1, -0.05) is 25.1 Å². The molecule has 1 aromatic carbocycles. The highest BCUT2D eigenvalue weighted by Crippen LogP contribution is 2.29. The zero-order valence-corrected chi connectivity index (χ0v) is 12.5. The van der Waals surface area contributed by atoms with Crippen molar-refractivity contribution in [3.05, 3.63) is 29.8 Å². The maximum atomic E-state index is 3.49. The van der Waals surface area contributed by atoms with Crippen molar-refractivity contribution in [1.29, 1.82) is 0 Å². The topological polar surface area (TPSA) is 15.3 Å². The van der Waals surface area contributed by atoms with E-state index in [9.17, 15) is 0 Å². The highest BCUT2D eigenvalue weighted by atomic mass is 15.2. The first-order valence-corrected chi connectivity index (χ1v) is 7.88. The summed E-state index contributed by atoms with van der Waals surface area (Å²) in [6.45, 7) is 8.14. The zero-order valence-electron chi connectivity index (χ0n) is 12.5. The molecule has 19 heavy (non-hydrogen) atoms. The summed E-state index contributed by atoms with van der Waals surface area (Å²) in [5.74, 6) is 0. The van der Waals surface area contributed by atoms with Gasteiger partial charge in [-0.15, -0.1) is 0 Å². The molecular formula is C17H28N2. The van der Waals surface area contributed by atoms with Gasteiger partial charge in [0.1, 0.15) is 0 Å². The molecule has 1 heterocycles. The van der Waals surface area contributed by atoms with E-state index in [0.29, 0.717) is 6.04 Å². The zero-order chi connectivity index (χ0) is 13.5. The van der Waals surface area contributed by atoms with E-state index in [0.717, 1.165) is 13.1 Å². The van der Waals surface area contributed by atoms with Gasteiger partial charge in [-0.25, -0.2) is 0 Å². The average molecular weight is 260 g/mol. The quantitative estimate of drug-likeness (QED) is 0.753. The van der Waals surface area contributed by atoms with Crippen LogP contribution >= 0.6 is 0 Å². The molecule has 0 amide bonds. The Morgan fingerprint density at radius 3 is 2.95 bits per heavy atom. The second-order valence-corrected chi connectivity index (χ2v) is 5.67. The van der Waals surface area contributed by atoms with Gasteiger partial charge in [0.05, 0.1) is 0 Å². The molecular weight excluding hydrogens is 232 g/mol. The molecule has 0 aliphatic carbocycles. The Bertz CT molecular complexity index is 375. The molecule has 2 heteroatoms. The smallest absolute Gasteiger partial charge is 0.0401 e. The van der Waals surface area contributed by atoms with Crippen LogP contribution in [0.5, 0.6) is 0 Å². The Kier molecular flexibility index (Phi) is 5.71. The van der Waals surface area contributed by atoms with Gasteiger partial charge in [-0.05, 0) is 63.7 Å². The average Bonchev–Trinajstić information content (AvgIpc) is 2.46. The van der Waals surface area contributed by atoms with Gasteiger partial charge >= 0.3 is 0 Å². The number of aryl methyl sites for hydroxylation is 1. The number of para-hydroxylation sites is 1. The second kappa shape index (κ2) is 7.54. The summed E-state index contributed by atoms with van der Waals surface area (Å²) in [5, 5.41) is 3.49. The highest BCUT2D eigenvalue weighted by Gasteiger charge is 2.20. The molecule has 1 aliphatic rings. The van der Waals surface area contributed by atoms with Gasteiger partial charge < -0.3 is 10.2 Å². The number of anilines is 1. The van der Waals surface area contributed by atoms with E-state index in [2.05, 4.69) is 48.3 Å². The maximum absolute atomic E-state index is 3.49. The van der Waals surface area contributed by atoms with Crippen molar-refractivity contribution in [2.75, 3.05) is 24.5 Å². The Morgan fingerprint density at radius 1 is 1.26 bits per heavy atom. The molecule has 1 aromatic rings. The van der Waals surface area contributed by atoms with E-state index in [4.69, 9.17) is 0 Å². The largest absolute Gasteiger partial charge is 0.369 e. The molecule has 0 radical (unpaired) electrons. The molecule has 0 saturated heterocycles. The van der Waals surface area contributed by atoms with Gasteiger partial charge in [0.2, 0.25) is 0 Å². The van der Waals surface area contributed by atoms with Crippen LogP contribution in [0.2, 0.25) is 0 Å². The number of fused-ring (bicyclic) bond motifs is 1. The first-order chi connectivity index (χ1) is 9.33. The van der Waals surface area contributed by atoms with E-state index in [1.165, 1.54) is 49.9 Å². The molecule has 106 valence electrons. The second-order valence-electron chi connectivity index (χ2n) is 5.67. The van der Waals surface area contributed by atoms with Crippen LogP contribution in [-0.4, -0.2) is 25.7 Å². The summed E-state index contributed by atoms with van der Waals surface area (Å²) < 4.78 is 0. The number of nitrogens with zero attached hydrogens (tertiary/aromatic N) is 1. The highest BCUT2D eigenvalue weighted by molar-refractivity contribution is 5.56. The minimum absolute atomic E-state index is 0.657. The molecule has 2 rings (SSSR count). The summed E-state index contributed by atoms with van der Waals surface area (Å²) in [6.07, 6.45) is 6.34. The van der Waals surface area contributed by atoms with Crippen LogP contribution in [0.15, 0.2) is 24.3 Å². The lowest BCUT2D eigenvalue weighted by Gasteiger charge is -2.36. The monoisotopic (exact) mass is 260 g/mol. The van der Waals surface area contributed by atoms with Crippen LogP contribution in [0.3, 0.4) is 0 Å². The van der Waals surface area contributed by atoms with Gasteiger partial charge in [0.15, 0.2) is 0 Å². The third-order valence-electron chi connectivity index (χ3n) is 4.08. The van der Waals surface area contributed by atoms with Crippen LogP contribution in [0.25, 0.3) is 0 Å².